The molecule has 0 radical (unpaired) electrons. The molecule has 0 saturated heterocycles. The van der Waals surface area contributed by atoms with Gasteiger partial charge in [-0.2, -0.15) is 0 Å². The average molecular weight is 301 g/mol. The SMILES string of the molecule is CCC1(C)C=CC(CN(C)C)=CC1.O=C(O)c1ccccc1. The van der Waals surface area contributed by atoms with E-state index in [0.29, 0.717) is 11.0 Å². The third-order valence-electron chi connectivity index (χ3n) is 3.86. The summed E-state index contributed by atoms with van der Waals surface area (Å²) in [6.07, 6.45) is 9.46. The van der Waals surface area contributed by atoms with Gasteiger partial charge in [0, 0.05) is 6.54 Å². The molecule has 0 saturated carbocycles. The molecule has 0 aromatic heterocycles. The second kappa shape index (κ2) is 8.54. The summed E-state index contributed by atoms with van der Waals surface area (Å²) < 4.78 is 0. The average Bonchev–Trinajstić information content (AvgIpc) is 2.51. The van der Waals surface area contributed by atoms with Crippen LogP contribution in [0.3, 0.4) is 0 Å². The van der Waals surface area contributed by atoms with E-state index in [-0.39, 0.29) is 0 Å². The molecule has 1 aromatic rings. The maximum absolute atomic E-state index is 10.2. The van der Waals surface area contributed by atoms with Crippen LogP contribution in [0.2, 0.25) is 0 Å². The van der Waals surface area contributed by atoms with Crippen molar-refractivity contribution in [3.05, 3.63) is 59.7 Å². The smallest absolute Gasteiger partial charge is 0.335 e. The van der Waals surface area contributed by atoms with E-state index in [1.807, 2.05) is 0 Å². The number of hydrogen-bond acceptors (Lipinski definition) is 2. The maximum Gasteiger partial charge on any atom is 0.335 e. The number of allylic oxidation sites excluding steroid dienone is 2. The summed E-state index contributed by atoms with van der Waals surface area (Å²) in [5, 5.41) is 8.38. The lowest BCUT2D eigenvalue weighted by Gasteiger charge is -2.27. The Morgan fingerprint density at radius 3 is 2.27 bits per heavy atom. The van der Waals surface area contributed by atoms with Gasteiger partial charge in [0.15, 0.2) is 0 Å². The number of likely N-dealkylation sites (N-methyl/N-ethyl adjacent to an activating group) is 1. The van der Waals surface area contributed by atoms with Gasteiger partial charge in [-0.15, -0.1) is 0 Å². The summed E-state index contributed by atoms with van der Waals surface area (Å²) in [7, 11) is 4.23. The highest BCUT2D eigenvalue weighted by Crippen LogP contribution is 2.32. The molecular weight excluding hydrogens is 274 g/mol. The third-order valence-corrected chi connectivity index (χ3v) is 3.86. The van der Waals surface area contributed by atoms with Crippen LogP contribution < -0.4 is 0 Å². The van der Waals surface area contributed by atoms with Crippen molar-refractivity contribution in [1.29, 1.82) is 0 Å². The molecule has 0 bridgehead atoms. The molecule has 0 spiro atoms. The van der Waals surface area contributed by atoms with Crippen molar-refractivity contribution in [2.45, 2.75) is 26.7 Å². The van der Waals surface area contributed by atoms with Crippen LogP contribution in [0.4, 0.5) is 0 Å². The van der Waals surface area contributed by atoms with Crippen LogP contribution in [0.1, 0.15) is 37.0 Å². The first-order valence-electron chi connectivity index (χ1n) is 7.67. The lowest BCUT2D eigenvalue weighted by molar-refractivity contribution is 0.0697. The zero-order valence-corrected chi connectivity index (χ0v) is 14.0. The fourth-order valence-corrected chi connectivity index (χ4v) is 2.13. The molecule has 2 rings (SSSR count). The predicted molar refractivity (Wildman–Crippen MR) is 92.2 cm³/mol. The van der Waals surface area contributed by atoms with Crippen LogP contribution >= 0.6 is 0 Å². The van der Waals surface area contributed by atoms with Crippen LogP contribution in [0.15, 0.2) is 54.1 Å². The van der Waals surface area contributed by atoms with Crippen molar-refractivity contribution in [2.75, 3.05) is 20.6 Å². The molecule has 120 valence electrons. The van der Waals surface area contributed by atoms with Crippen molar-refractivity contribution in [3.8, 4) is 0 Å². The van der Waals surface area contributed by atoms with Gasteiger partial charge in [0.05, 0.1) is 5.56 Å². The highest BCUT2D eigenvalue weighted by molar-refractivity contribution is 5.87. The Hall–Kier alpha value is -1.87. The van der Waals surface area contributed by atoms with Crippen molar-refractivity contribution in [1.82, 2.24) is 4.90 Å². The Kier molecular flexibility index (Phi) is 7.06. The predicted octanol–water partition coefficient (Wildman–Crippen LogP) is 4.24. The van der Waals surface area contributed by atoms with E-state index >= 15 is 0 Å². The minimum absolute atomic E-state index is 0.331. The van der Waals surface area contributed by atoms with Crippen molar-refractivity contribution < 1.29 is 9.90 Å². The van der Waals surface area contributed by atoms with E-state index in [0.717, 1.165) is 6.54 Å². The van der Waals surface area contributed by atoms with Gasteiger partial charge in [-0.25, -0.2) is 4.79 Å². The second-order valence-electron chi connectivity index (χ2n) is 6.23. The van der Waals surface area contributed by atoms with Crippen LogP contribution in [0.25, 0.3) is 0 Å². The number of carboxylic acid groups (broad SMARTS) is 1. The van der Waals surface area contributed by atoms with Gasteiger partial charge < -0.3 is 10.0 Å². The molecule has 0 fully saturated rings. The Bertz CT molecular complexity index is 532. The van der Waals surface area contributed by atoms with E-state index in [2.05, 4.69) is 51.1 Å². The molecule has 0 aliphatic heterocycles. The minimum atomic E-state index is -0.879. The quantitative estimate of drug-likeness (QED) is 0.904. The molecule has 22 heavy (non-hydrogen) atoms. The molecule has 1 aromatic carbocycles. The van der Waals surface area contributed by atoms with Gasteiger partial charge in [0.25, 0.3) is 0 Å². The lowest BCUT2D eigenvalue weighted by Crippen LogP contribution is -2.18. The van der Waals surface area contributed by atoms with E-state index in [4.69, 9.17) is 5.11 Å². The maximum atomic E-state index is 10.2. The van der Waals surface area contributed by atoms with Crippen LogP contribution in [0, 0.1) is 5.41 Å². The first-order chi connectivity index (χ1) is 10.4. The summed E-state index contributed by atoms with van der Waals surface area (Å²) in [6.45, 7) is 5.65. The monoisotopic (exact) mass is 301 g/mol. The molecular formula is C19H27NO2. The Labute approximate surface area is 134 Å². The van der Waals surface area contributed by atoms with Crippen LogP contribution in [0.5, 0.6) is 0 Å². The largest absolute Gasteiger partial charge is 0.478 e. The molecule has 1 unspecified atom stereocenters. The molecule has 0 amide bonds. The van der Waals surface area contributed by atoms with Gasteiger partial charge in [0.1, 0.15) is 0 Å². The number of benzene rings is 1. The molecule has 1 aliphatic rings. The summed E-state index contributed by atoms with van der Waals surface area (Å²) in [4.78, 5) is 12.4. The Morgan fingerprint density at radius 1 is 1.27 bits per heavy atom. The Balaban J connectivity index is 0.000000235. The third kappa shape index (κ3) is 6.27. The van der Waals surface area contributed by atoms with Gasteiger partial charge in [-0.1, -0.05) is 50.3 Å². The van der Waals surface area contributed by atoms with Crippen molar-refractivity contribution in [2.24, 2.45) is 5.41 Å². The van der Waals surface area contributed by atoms with Gasteiger partial charge >= 0.3 is 5.97 Å². The summed E-state index contributed by atoms with van der Waals surface area (Å²) in [5.74, 6) is -0.879. The fourth-order valence-electron chi connectivity index (χ4n) is 2.13. The first-order valence-corrected chi connectivity index (χ1v) is 7.67. The van der Waals surface area contributed by atoms with E-state index < -0.39 is 5.97 Å². The summed E-state index contributed by atoms with van der Waals surface area (Å²) in [5.41, 5.74) is 2.20. The summed E-state index contributed by atoms with van der Waals surface area (Å²) in [6, 6.07) is 8.30. The molecule has 1 aliphatic carbocycles. The topological polar surface area (TPSA) is 40.5 Å². The standard InChI is InChI=1S/C12H21N.C7H6O2/c1-5-12(2)8-6-11(7-9-12)10-13(3)4;8-7(9)6-4-2-1-3-5-6/h6-8H,5,9-10H2,1-4H3;1-5H,(H,8,9). The molecule has 3 heteroatoms. The number of aromatic carboxylic acids is 1. The second-order valence-corrected chi connectivity index (χ2v) is 6.23. The molecule has 3 nitrogen and oxygen atoms in total. The molecule has 0 heterocycles. The van der Waals surface area contributed by atoms with Crippen molar-refractivity contribution in [3.63, 3.8) is 0 Å². The van der Waals surface area contributed by atoms with Gasteiger partial charge in [0.2, 0.25) is 0 Å². The minimum Gasteiger partial charge on any atom is -0.478 e. The van der Waals surface area contributed by atoms with Crippen LogP contribution in [-0.2, 0) is 0 Å². The first kappa shape index (κ1) is 18.2. The number of carbonyl (C=O) groups is 1. The van der Waals surface area contributed by atoms with Crippen molar-refractivity contribution >= 4 is 5.97 Å². The Morgan fingerprint density at radius 2 is 1.91 bits per heavy atom. The highest BCUT2D eigenvalue weighted by atomic mass is 16.4. The van der Waals surface area contributed by atoms with E-state index in [9.17, 15) is 4.79 Å². The van der Waals surface area contributed by atoms with Crippen LogP contribution in [-0.4, -0.2) is 36.6 Å². The van der Waals surface area contributed by atoms with E-state index in [1.165, 1.54) is 18.4 Å². The highest BCUT2D eigenvalue weighted by Gasteiger charge is 2.19. The number of hydrogen-bond donors (Lipinski definition) is 1. The molecule has 1 atom stereocenters. The van der Waals surface area contributed by atoms with Gasteiger partial charge in [-0.05, 0) is 50.1 Å². The number of carboxylic acids is 1. The summed E-state index contributed by atoms with van der Waals surface area (Å²) >= 11 is 0. The fraction of sp³-hybridized carbons (Fsp3) is 0.421. The zero-order valence-electron chi connectivity index (χ0n) is 14.0. The normalized spacial score (nSPS) is 20.1. The zero-order chi connectivity index (χ0) is 16.6. The lowest BCUT2D eigenvalue weighted by atomic mass is 9.80. The van der Waals surface area contributed by atoms with E-state index in [1.54, 1.807) is 30.3 Å². The van der Waals surface area contributed by atoms with Gasteiger partial charge in [-0.3, -0.25) is 0 Å². The number of rotatable bonds is 4. The molecule has 1 N–H and O–H groups in total. The number of nitrogens with zero attached hydrogens (tertiary/aromatic N) is 1.